The maximum absolute atomic E-state index is 5.69. The third-order valence-electron chi connectivity index (χ3n) is 6.19. The molecule has 0 bridgehead atoms. The summed E-state index contributed by atoms with van der Waals surface area (Å²) in [6, 6.07) is 21.5. The quantitative estimate of drug-likeness (QED) is 0.388. The first kappa shape index (κ1) is 23.0. The van der Waals surface area contributed by atoms with Crippen molar-refractivity contribution in [1.82, 2.24) is 9.80 Å². The summed E-state index contributed by atoms with van der Waals surface area (Å²) in [4.78, 5) is 6.41. The van der Waals surface area contributed by atoms with Crippen LogP contribution in [0.25, 0.3) is 10.8 Å². The van der Waals surface area contributed by atoms with Gasteiger partial charge in [-0.2, -0.15) is 0 Å². The molecular weight excluding hydrogens is 414 g/mol. The SMILES string of the molecule is CCCCN1CCCN(Cc2cc(NSc3ccc4ccccc4c3)ccc2OC)CC1. The summed E-state index contributed by atoms with van der Waals surface area (Å²) in [7, 11) is 1.77. The highest BCUT2D eigenvalue weighted by Gasteiger charge is 2.16. The molecule has 1 aliphatic heterocycles. The topological polar surface area (TPSA) is 27.7 Å². The predicted octanol–water partition coefficient (Wildman–Crippen LogP) is 6.28. The molecule has 1 fully saturated rings. The number of unbranched alkanes of at least 4 members (excludes halogenated alkanes) is 1. The average molecular weight is 450 g/mol. The third-order valence-corrected chi connectivity index (χ3v) is 7.02. The lowest BCUT2D eigenvalue weighted by molar-refractivity contribution is 0.247. The molecule has 1 heterocycles. The van der Waals surface area contributed by atoms with Gasteiger partial charge in [0.05, 0.1) is 7.11 Å². The molecule has 0 atom stereocenters. The van der Waals surface area contributed by atoms with Gasteiger partial charge >= 0.3 is 0 Å². The fourth-order valence-corrected chi connectivity index (χ4v) is 5.03. The Morgan fingerprint density at radius 2 is 1.72 bits per heavy atom. The van der Waals surface area contributed by atoms with Gasteiger partial charge in [-0.25, -0.2) is 0 Å². The van der Waals surface area contributed by atoms with Gasteiger partial charge in [0, 0.05) is 35.8 Å². The van der Waals surface area contributed by atoms with E-state index in [2.05, 4.69) is 82.1 Å². The van der Waals surface area contributed by atoms with Crippen LogP contribution < -0.4 is 9.46 Å². The highest BCUT2D eigenvalue weighted by atomic mass is 32.2. The standard InChI is InChI=1S/C27H35N3OS/c1-3-4-14-29-15-7-16-30(18-17-29)21-24-19-25(11-13-27(24)31-2)28-32-26-12-10-22-8-5-6-9-23(22)20-26/h5-6,8-13,19-20,28H,3-4,7,14-18,21H2,1-2H3. The molecule has 3 aromatic rings. The Hall–Kier alpha value is -2.21. The smallest absolute Gasteiger partial charge is 0.123 e. The van der Waals surface area contributed by atoms with Gasteiger partial charge in [-0.05, 0) is 85.5 Å². The highest BCUT2D eigenvalue weighted by molar-refractivity contribution is 8.00. The van der Waals surface area contributed by atoms with Crippen molar-refractivity contribution in [2.45, 2.75) is 37.6 Å². The molecule has 0 radical (unpaired) electrons. The highest BCUT2D eigenvalue weighted by Crippen LogP contribution is 2.29. The molecule has 3 aromatic carbocycles. The van der Waals surface area contributed by atoms with Crippen LogP contribution in [0.1, 0.15) is 31.7 Å². The molecule has 0 saturated carbocycles. The number of fused-ring (bicyclic) bond motifs is 1. The van der Waals surface area contributed by atoms with Gasteiger partial charge in [0.1, 0.15) is 5.75 Å². The summed E-state index contributed by atoms with van der Waals surface area (Å²) in [6.45, 7) is 9.09. The zero-order valence-electron chi connectivity index (χ0n) is 19.3. The van der Waals surface area contributed by atoms with Gasteiger partial charge in [-0.3, -0.25) is 4.90 Å². The molecule has 5 heteroatoms. The Kier molecular flexibility index (Phi) is 8.32. The number of methoxy groups -OCH3 is 1. The van der Waals surface area contributed by atoms with Crippen molar-refractivity contribution < 1.29 is 4.74 Å². The molecular formula is C27H35N3OS. The number of benzene rings is 3. The summed E-state index contributed by atoms with van der Waals surface area (Å²) in [5.41, 5.74) is 2.36. The van der Waals surface area contributed by atoms with Crippen LogP contribution in [0.2, 0.25) is 0 Å². The van der Waals surface area contributed by atoms with Crippen molar-refractivity contribution in [3.8, 4) is 5.75 Å². The van der Waals surface area contributed by atoms with Crippen LogP contribution in [0.3, 0.4) is 0 Å². The normalized spacial score (nSPS) is 15.6. The molecule has 0 amide bonds. The van der Waals surface area contributed by atoms with Gasteiger partial charge in [0.25, 0.3) is 0 Å². The number of nitrogens with zero attached hydrogens (tertiary/aromatic N) is 2. The first-order valence-corrected chi connectivity index (χ1v) is 12.6. The number of rotatable bonds is 9. The molecule has 0 spiro atoms. The maximum Gasteiger partial charge on any atom is 0.123 e. The van der Waals surface area contributed by atoms with E-state index >= 15 is 0 Å². The van der Waals surface area contributed by atoms with E-state index in [9.17, 15) is 0 Å². The fourth-order valence-electron chi connectivity index (χ4n) is 4.34. The van der Waals surface area contributed by atoms with Gasteiger partial charge in [-0.15, -0.1) is 0 Å². The Balaban J connectivity index is 1.39. The van der Waals surface area contributed by atoms with E-state index in [1.807, 2.05) is 0 Å². The average Bonchev–Trinajstić information content (AvgIpc) is 3.06. The second kappa shape index (κ2) is 11.6. The molecule has 32 heavy (non-hydrogen) atoms. The van der Waals surface area contributed by atoms with Crippen LogP contribution in [0.5, 0.6) is 5.75 Å². The van der Waals surface area contributed by atoms with Crippen molar-refractivity contribution in [2.75, 3.05) is 44.6 Å². The minimum absolute atomic E-state index is 0.932. The number of hydrogen-bond donors (Lipinski definition) is 1. The van der Waals surface area contributed by atoms with E-state index in [0.29, 0.717) is 0 Å². The van der Waals surface area contributed by atoms with E-state index in [1.54, 1.807) is 19.1 Å². The molecule has 0 aromatic heterocycles. The summed E-state index contributed by atoms with van der Waals surface area (Å²) < 4.78 is 9.22. The summed E-state index contributed by atoms with van der Waals surface area (Å²) in [5, 5.41) is 2.54. The Morgan fingerprint density at radius 3 is 2.56 bits per heavy atom. The van der Waals surface area contributed by atoms with E-state index in [0.717, 1.165) is 37.6 Å². The first-order chi connectivity index (χ1) is 15.7. The van der Waals surface area contributed by atoms with Crippen LogP contribution in [0.15, 0.2) is 65.6 Å². The van der Waals surface area contributed by atoms with Gasteiger partial charge in [-0.1, -0.05) is 43.7 Å². The van der Waals surface area contributed by atoms with Gasteiger partial charge < -0.3 is 14.4 Å². The second-order valence-corrected chi connectivity index (χ2v) is 9.44. The van der Waals surface area contributed by atoms with Crippen molar-refractivity contribution >= 4 is 28.4 Å². The van der Waals surface area contributed by atoms with Gasteiger partial charge in [0.2, 0.25) is 0 Å². The van der Waals surface area contributed by atoms with Crippen molar-refractivity contribution in [1.29, 1.82) is 0 Å². The van der Waals surface area contributed by atoms with Gasteiger partial charge in [0.15, 0.2) is 0 Å². The minimum Gasteiger partial charge on any atom is -0.496 e. The molecule has 4 nitrogen and oxygen atoms in total. The van der Waals surface area contributed by atoms with Crippen molar-refractivity contribution in [2.24, 2.45) is 0 Å². The van der Waals surface area contributed by atoms with Crippen LogP contribution >= 0.6 is 11.9 Å². The molecule has 0 aliphatic carbocycles. The van der Waals surface area contributed by atoms with E-state index in [1.165, 1.54) is 53.6 Å². The Morgan fingerprint density at radius 1 is 0.906 bits per heavy atom. The van der Waals surface area contributed by atoms with Crippen LogP contribution in [-0.4, -0.2) is 49.6 Å². The molecule has 1 N–H and O–H groups in total. The lowest BCUT2D eigenvalue weighted by atomic mass is 10.1. The molecule has 0 unspecified atom stereocenters. The van der Waals surface area contributed by atoms with E-state index in [4.69, 9.17) is 4.74 Å². The molecule has 1 aliphatic rings. The lowest BCUT2D eigenvalue weighted by Gasteiger charge is -2.23. The van der Waals surface area contributed by atoms with E-state index < -0.39 is 0 Å². The number of ether oxygens (including phenoxy) is 1. The first-order valence-electron chi connectivity index (χ1n) is 11.8. The van der Waals surface area contributed by atoms with E-state index in [-0.39, 0.29) is 0 Å². The number of hydrogen-bond acceptors (Lipinski definition) is 5. The predicted molar refractivity (Wildman–Crippen MR) is 138 cm³/mol. The lowest BCUT2D eigenvalue weighted by Crippen LogP contribution is -2.31. The Labute approximate surface area is 197 Å². The van der Waals surface area contributed by atoms with Crippen molar-refractivity contribution in [3.63, 3.8) is 0 Å². The monoisotopic (exact) mass is 449 g/mol. The molecule has 1 saturated heterocycles. The molecule has 170 valence electrons. The summed E-state index contributed by atoms with van der Waals surface area (Å²) in [5.74, 6) is 0.971. The number of nitrogens with one attached hydrogen (secondary N) is 1. The summed E-state index contributed by atoms with van der Waals surface area (Å²) in [6.07, 6.45) is 3.81. The second-order valence-electron chi connectivity index (χ2n) is 8.56. The Bertz CT molecular complexity index is 1010. The molecule has 4 rings (SSSR count). The largest absolute Gasteiger partial charge is 0.496 e. The van der Waals surface area contributed by atoms with Crippen molar-refractivity contribution in [3.05, 3.63) is 66.2 Å². The zero-order chi connectivity index (χ0) is 22.2. The maximum atomic E-state index is 5.69. The summed E-state index contributed by atoms with van der Waals surface area (Å²) >= 11 is 1.66. The van der Waals surface area contributed by atoms with Crippen LogP contribution in [0, 0.1) is 0 Å². The van der Waals surface area contributed by atoms with Crippen LogP contribution in [-0.2, 0) is 6.54 Å². The van der Waals surface area contributed by atoms with Crippen LogP contribution in [0.4, 0.5) is 5.69 Å². The fraction of sp³-hybridized carbons (Fsp3) is 0.407. The minimum atomic E-state index is 0.932. The third kappa shape index (κ3) is 6.18. The zero-order valence-corrected chi connectivity index (χ0v) is 20.2. The number of anilines is 1.